The number of rotatable bonds is 4. The van der Waals surface area contributed by atoms with Gasteiger partial charge in [0.05, 0.1) is 10.1 Å². The van der Waals surface area contributed by atoms with E-state index in [0.717, 1.165) is 38.5 Å². The van der Waals surface area contributed by atoms with Crippen LogP contribution in [0.5, 0.6) is 0 Å². The molecule has 0 spiro atoms. The lowest BCUT2D eigenvalue weighted by atomic mass is 10.00. The number of hydrazine groups is 1. The SMILES string of the molecule is C[C@@H]1CCC[C@H](C)N1NC(=O)Nc1cccc(S(=O)(=O)C2CCCC2)c1. The Morgan fingerprint density at radius 3 is 2.35 bits per heavy atom. The van der Waals surface area contributed by atoms with Gasteiger partial charge in [-0.25, -0.2) is 18.2 Å². The third-order valence-electron chi connectivity index (χ3n) is 5.59. The van der Waals surface area contributed by atoms with Crippen molar-refractivity contribution in [1.29, 1.82) is 0 Å². The minimum absolute atomic E-state index is 0.290. The van der Waals surface area contributed by atoms with Gasteiger partial charge in [-0.15, -0.1) is 0 Å². The fraction of sp³-hybridized carbons (Fsp3) is 0.632. The molecule has 144 valence electrons. The molecule has 6 nitrogen and oxygen atoms in total. The number of carbonyl (C=O) groups excluding carboxylic acids is 1. The molecule has 2 fully saturated rings. The number of nitrogens with zero attached hydrogens (tertiary/aromatic N) is 1. The van der Waals surface area contributed by atoms with Crippen LogP contribution in [0.2, 0.25) is 0 Å². The Labute approximate surface area is 156 Å². The number of hydrogen-bond donors (Lipinski definition) is 2. The molecule has 2 amide bonds. The smallest absolute Gasteiger partial charge is 0.307 e. The van der Waals surface area contributed by atoms with Crippen LogP contribution in [0.1, 0.15) is 58.8 Å². The Hall–Kier alpha value is -1.60. The van der Waals surface area contributed by atoms with Gasteiger partial charge in [0.25, 0.3) is 0 Å². The van der Waals surface area contributed by atoms with Gasteiger partial charge in [-0.2, -0.15) is 0 Å². The lowest BCUT2D eigenvalue weighted by Crippen LogP contribution is -2.55. The summed E-state index contributed by atoms with van der Waals surface area (Å²) in [6.07, 6.45) is 6.67. The van der Waals surface area contributed by atoms with E-state index < -0.39 is 9.84 Å². The molecule has 1 saturated heterocycles. The molecule has 1 aromatic carbocycles. The number of piperidine rings is 1. The maximum absolute atomic E-state index is 12.7. The number of sulfone groups is 1. The number of amides is 2. The maximum Gasteiger partial charge on any atom is 0.333 e. The van der Waals surface area contributed by atoms with E-state index in [9.17, 15) is 13.2 Å². The fourth-order valence-corrected chi connectivity index (χ4v) is 5.96. The van der Waals surface area contributed by atoms with E-state index in [0.29, 0.717) is 22.7 Å². The molecular weight excluding hydrogens is 350 g/mol. The van der Waals surface area contributed by atoms with Crippen LogP contribution in [0.25, 0.3) is 0 Å². The first-order valence-electron chi connectivity index (χ1n) is 9.58. The number of urea groups is 1. The van der Waals surface area contributed by atoms with Crippen molar-refractivity contribution in [2.75, 3.05) is 5.32 Å². The lowest BCUT2D eigenvalue weighted by molar-refractivity contribution is 0.0625. The molecule has 1 saturated carbocycles. The van der Waals surface area contributed by atoms with Crippen molar-refractivity contribution in [1.82, 2.24) is 10.4 Å². The topological polar surface area (TPSA) is 78.5 Å². The Bertz CT molecular complexity index is 734. The van der Waals surface area contributed by atoms with Crippen molar-refractivity contribution in [3.8, 4) is 0 Å². The molecule has 0 unspecified atom stereocenters. The first kappa shape index (κ1) is 19.2. The second-order valence-corrected chi connectivity index (χ2v) is 9.81. The summed E-state index contributed by atoms with van der Waals surface area (Å²) in [5, 5.41) is 4.47. The molecule has 1 heterocycles. The summed E-state index contributed by atoms with van der Waals surface area (Å²) < 4.78 is 25.5. The van der Waals surface area contributed by atoms with Crippen LogP contribution < -0.4 is 10.7 Å². The van der Waals surface area contributed by atoms with Crippen LogP contribution in [0.3, 0.4) is 0 Å². The molecule has 7 heteroatoms. The van der Waals surface area contributed by atoms with Gasteiger partial charge in [0.2, 0.25) is 0 Å². The molecular formula is C19H29N3O3S. The quantitative estimate of drug-likeness (QED) is 0.836. The Morgan fingerprint density at radius 2 is 1.69 bits per heavy atom. The fourth-order valence-electron chi connectivity index (χ4n) is 4.06. The van der Waals surface area contributed by atoms with Gasteiger partial charge in [-0.05, 0) is 57.7 Å². The average molecular weight is 380 g/mol. The molecule has 26 heavy (non-hydrogen) atoms. The third-order valence-corrected chi connectivity index (χ3v) is 7.85. The summed E-state index contributed by atoms with van der Waals surface area (Å²) >= 11 is 0. The van der Waals surface area contributed by atoms with Crippen molar-refractivity contribution < 1.29 is 13.2 Å². The van der Waals surface area contributed by atoms with Gasteiger partial charge in [0.1, 0.15) is 0 Å². The summed E-state index contributed by atoms with van der Waals surface area (Å²) in [7, 11) is -3.32. The molecule has 1 aliphatic carbocycles. The monoisotopic (exact) mass is 379 g/mol. The van der Waals surface area contributed by atoms with Crippen molar-refractivity contribution in [2.24, 2.45) is 0 Å². The minimum atomic E-state index is -3.32. The van der Waals surface area contributed by atoms with E-state index in [-0.39, 0.29) is 11.3 Å². The lowest BCUT2D eigenvalue weighted by Gasteiger charge is -2.38. The van der Waals surface area contributed by atoms with E-state index in [1.165, 1.54) is 6.42 Å². The molecule has 3 rings (SSSR count). The van der Waals surface area contributed by atoms with Crippen LogP contribution in [0.4, 0.5) is 10.5 Å². The Kier molecular flexibility index (Phi) is 5.87. The number of anilines is 1. The second-order valence-electron chi connectivity index (χ2n) is 7.58. The van der Waals surface area contributed by atoms with Gasteiger partial charge in [0.15, 0.2) is 9.84 Å². The van der Waals surface area contributed by atoms with Crippen LogP contribution in [-0.2, 0) is 9.84 Å². The van der Waals surface area contributed by atoms with Crippen molar-refractivity contribution in [3.63, 3.8) is 0 Å². The number of benzene rings is 1. The van der Waals surface area contributed by atoms with Crippen molar-refractivity contribution in [2.45, 2.75) is 81.0 Å². The molecule has 0 bridgehead atoms. The number of nitrogens with one attached hydrogen (secondary N) is 2. The van der Waals surface area contributed by atoms with Crippen molar-refractivity contribution in [3.05, 3.63) is 24.3 Å². The van der Waals surface area contributed by atoms with E-state index in [2.05, 4.69) is 24.6 Å². The molecule has 1 aliphatic heterocycles. The zero-order chi connectivity index (χ0) is 18.7. The number of carbonyl (C=O) groups is 1. The first-order chi connectivity index (χ1) is 12.4. The molecule has 2 N–H and O–H groups in total. The molecule has 0 aromatic heterocycles. The van der Waals surface area contributed by atoms with Gasteiger partial charge < -0.3 is 5.32 Å². The highest BCUT2D eigenvalue weighted by Crippen LogP contribution is 2.30. The van der Waals surface area contributed by atoms with Crippen molar-refractivity contribution >= 4 is 21.6 Å². The van der Waals surface area contributed by atoms with E-state index in [4.69, 9.17) is 0 Å². The predicted octanol–water partition coefficient (Wildman–Crippen LogP) is 3.70. The number of hydrogen-bond acceptors (Lipinski definition) is 4. The highest BCUT2D eigenvalue weighted by atomic mass is 32.2. The van der Waals surface area contributed by atoms with E-state index in [1.54, 1.807) is 24.3 Å². The van der Waals surface area contributed by atoms with Gasteiger partial charge in [-0.1, -0.05) is 25.3 Å². The van der Waals surface area contributed by atoms with Crippen LogP contribution in [-0.4, -0.2) is 36.8 Å². The largest absolute Gasteiger partial charge is 0.333 e. The molecule has 0 radical (unpaired) electrons. The van der Waals surface area contributed by atoms with Crippen LogP contribution in [0, 0.1) is 0 Å². The first-order valence-corrected chi connectivity index (χ1v) is 11.1. The highest BCUT2D eigenvalue weighted by Gasteiger charge is 2.30. The summed E-state index contributed by atoms with van der Waals surface area (Å²) in [6, 6.07) is 6.83. The Morgan fingerprint density at radius 1 is 1.04 bits per heavy atom. The van der Waals surface area contributed by atoms with Gasteiger partial charge in [-0.3, -0.25) is 5.43 Å². The summed E-state index contributed by atoms with van der Waals surface area (Å²) in [5.41, 5.74) is 3.41. The molecule has 2 aliphatic rings. The standard InChI is InChI=1S/C19H29N3O3S/c1-14-7-5-8-15(2)22(14)21-19(23)20-16-9-6-12-18(13-16)26(24,25)17-10-3-4-11-17/h6,9,12-15,17H,3-5,7-8,10-11H2,1-2H3,(H2,20,21,23)/t14-,15+. The summed E-state index contributed by atoms with van der Waals surface area (Å²) in [5.74, 6) is 0. The van der Waals surface area contributed by atoms with Gasteiger partial charge >= 0.3 is 6.03 Å². The summed E-state index contributed by atoms with van der Waals surface area (Å²) in [4.78, 5) is 12.7. The average Bonchev–Trinajstić information content (AvgIpc) is 3.14. The third kappa shape index (κ3) is 4.20. The zero-order valence-corrected chi connectivity index (χ0v) is 16.4. The normalized spacial score (nSPS) is 25.2. The molecule has 1 aromatic rings. The Balaban J connectivity index is 1.67. The maximum atomic E-state index is 12.7. The second kappa shape index (κ2) is 7.96. The molecule has 2 atom stereocenters. The van der Waals surface area contributed by atoms with Gasteiger partial charge in [0, 0.05) is 17.8 Å². The summed E-state index contributed by atoms with van der Waals surface area (Å²) in [6.45, 7) is 4.20. The van der Waals surface area contributed by atoms with E-state index >= 15 is 0 Å². The predicted molar refractivity (Wildman–Crippen MR) is 103 cm³/mol. The zero-order valence-electron chi connectivity index (χ0n) is 15.6. The highest BCUT2D eigenvalue weighted by molar-refractivity contribution is 7.92. The van der Waals surface area contributed by atoms with E-state index in [1.807, 2.05) is 5.01 Å². The van der Waals surface area contributed by atoms with Crippen LogP contribution in [0.15, 0.2) is 29.2 Å². The van der Waals surface area contributed by atoms with Crippen LogP contribution >= 0.6 is 0 Å². The minimum Gasteiger partial charge on any atom is -0.307 e.